The zero-order chi connectivity index (χ0) is 9.97. The highest BCUT2D eigenvalue weighted by Gasteiger charge is 1.99. The van der Waals surface area contributed by atoms with Crippen LogP contribution in [0.5, 0.6) is 0 Å². The number of hydrogen-bond acceptors (Lipinski definition) is 2. The molecule has 0 bridgehead atoms. The number of hydrogen-bond donors (Lipinski definition) is 0. The summed E-state index contributed by atoms with van der Waals surface area (Å²) >= 11 is 0. The molecule has 0 aliphatic rings. The molecule has 1 aromatic carbocycles. The zero-order valence-electron chi connectivity index (χ0n) is 7.84. The van der Waals surface area contributed by atoms with E-state index < -0.39 is 0 Å². The van der Waals surface area contributed by atoms with E-state index in [1.54, 1.807) is 23.0 Å². The summed E-state index contributed by atoms with van der Waals surface area (Å²) in [5.74, 6) is 0. The van der Waals surface area contributed by atoms with E-state index >= 15 is 0 Å². The van der Waals surface area contributed by atoms with E-state index in [1.807, 2.05) is 25.4 Å². The summed E-state index contributed by atoms with van der Waals surface area (Å²) < 4.78 is 1.75. The topological polar surface area (TPSA) is 34.9 Å². The number of carbonyl (C=O) groups is 1. The van der Waals surface area contributed by atoms with E-state index in [0.717, 1.165) is 17.4 Å². The molecule has 0 saturated heterocycles. The Morgan fingerprint density at radius 3 is 2.43 bits per heavy atom. The Labute approximate surface area is 82.0 Å². The van der Waals surface area contributed by atoms with Crippen molar-refractivity contribution < 1.29 is 4.79 Å². The van der Waals surface area contributed by atoms with E-state index in [0.29, 0.717) is 5.56 Å². The third-order valence-corrected chi connectivity index (χ3v) is 2.08. The molecule has 3 heteroatoms. The standard InChI is InChI=1S/C11H10N2O/c1-13-7-11(6-12-13)10-4-2-9(8-14)3-5-10/h2-8H,1H3. The Bertz CT molecular complexity index is 443. The van der Waals surface area contributed by atoms with Crippen molar-refractivity contribution in [3.05, 3.63) is 42.2 Å². The van der Waals surface area contributed by atoms with E-state index in [1.165, 1.54) is 0 Å². The van der Waals surface area contributed by atoms with Gasteiger partial charge in [0.25, 0.3) is 0 Å². The van der Waals surface area contributed by atoms with Gasteiger partial charge in [-0.15, -0.1) is 0 Å². The minimum Gasteiger partial charge on any atom is -0.298 e. The third-order valence-electron chi connectivity index (χ3n) is 2.08. The summed E-state index contributed by atoms with van der Waals surface area (Å²) in [4.78, 5) is 10.4. The smallest absolute Gasteiger partial charge is 0.150 e. The van der Waals surface area contributed by atoms with Crippen LogP contribution in [0.1, 0.15) is 10.4 Å². The first-order valence-electron chi connectivity index (χ1n) is 4.34. The molecule has 1 heterocycles. The van der Waals surface area contributed by atoms with E-state index in [4.69, 9.17) is 0 Å². The minimum atomic E-state index is 0.692. The summed E-state index contributed by atoms with van der Waals surface area (Å²) in [7, 11) is 1.88. The van der Waals surface area contributed by atoms with Gasteiger partial charge in [-0.25, -0.2) is 0 Å². The lowest BCUT2D eigenvalue weighted by molar-refractivity contribution is 0.112. The van der Waals surface area contributed by atoms with Crippen LogP contribution in [0.4, 0.5) is 0 Å². The molecule has 0 fully saturated rings. The van der Waals surface area contributed by atoms with Gasteiger partial charge in [0.1, 0.15) is 6.29 Å². The Morgan fingerprint density at radius 1 is 1.21 bits per heavy atom. The lowest BCUT2D eigenvalue weighted by atomic mass is 10.1. The average molecular weight is 186 g/mol. The van der Waals surface area contributed by atoms with Gasteiger partial charge in [0.2, 0.25) is 0 Å². The van der Waals surface area contributed by atoms with Crippen LogP contribution in [0.3, 0.4) is 0 Å². The highest BCUT2D eigenvalue weighted by molar-refractivity contribution is 5.76. The lowest BCUT2D eigenvalue weighted by Gasteiger charge is -1.96. The van der Waals surface area contributed by atoms with Crippen molar-refractivity contribution in [3.63, 3.8) is 0 Å². The molecule has 3 nitrogen and oxygen atoms in total. The maximum Gasteiger partial charge on any atom is 0.150 e. The maximum absolute atomic E-state index is 10.4. The van der Waals surface area contributed by atoms with E-state index in [2.05, 4.69) is 5.10 Å². The molecule has 0 N–H and O–H groups in total. The first-order chi connectivity index (χ1) is 6.79. The summed E-state index contributed by atoms with van der Waals surface area (Å²) in [5.41, 5.74) is 2.83. The second kappa shape index (κ2) is 3.46. The van der Waals surface area contributed by atoms with Crippen molar-refractivity contribution in [3.8, 4) is 11.1 Å². The maximum atomic E-state index is 10.4. The van der Waals surface area contributed by atoms with Crippen LogP contribution in [0.2, 0.25) is 0 Å². The van der Waals surface area contributed by atoms with Crippen molar-refractivity contribution in [1.29, 1.82) is 0 Å². The monoisotopic (exact) mass is 186 g/mol. The number of carbonyl (C=O) groups excluding carboxylic acids is 1. The molecule has 70 valence electrons. The predicted octanol–water partition coefficient (Wildman–Crippen LogP) is 1.90. The highest BCUT2D eigenvalue weighted by Crippen LogP contribution is 2.17. The fourth-order valence-corrected chi connectivity index (χ4v) is 1.32. The van der Waals surface area contributed by atoms with Gasteiger partial charge in [-0.3, -0.25) is 9.48 Å². The average Bonchev–Trinajstić information content (AvgIpc) is 2.65. The van der Waals surface area contributed by atoms with Gasteiger partial charge in [0, 0.05) is 24.4 Å². The Balaban J connectivity index is 2.38. The second-order valence-corrected chi connectivity index (χ2v) is 3.14. The molecule has 0 aliphatic carbocycles. The van der Waals surface area contributed by atoms with Crippen molar-refractivity contribution in [2.45, 2.75) is 0 Å². The molecule has 0 spiro atoms. The Hall–Kier alpha value is -1.90. The Morgan fingerprint density at radius 2 is 1.93 bits per heavy atom. The molecule has 1 aromatic heterocycles. The molecule has 0 unspecified atom stereocenters. The molecule has 0 amide bonds. The van der Waals surface area contributed by atoms with Crippen LogP contribution >= 0.6 is 0 Å². The predicted molar refractivity (Wildman–Crippen MR) is 54.0 cm³/mol. The van der Waals surface area contributed by atoms with Crippen LogP contribution in [-0.2, 0) is 7.05 Å². The van der Waals surface area contributed by atoms with Crippen molar-refractivity contribution in [1.82, 2.24) is 9.78 Å². The summed E-state index contributed by atoms with van der Waals surface area (Å²) in [6.45, 7) is 0. The molecular weight excluding hydrogens is 176 g/mol. The molecular formula is C11H10N2O. The van der Waals surface area contributed by atoms with Gasteiger partial charge in [-0.05, 0) is 5.56 Å². The minimum absolute atomic E-state index is 0.692. The number of aldehydes is 1. The Kier molecular flexibility index (Phi) is 2.14. The largest absolute Gasteiger partial charge is 0.298 e. The van der Waals surface area contributed by atoms with Crippen LogP contribution < -0.4 is 0 Å². The van der Waals surface area contributed by atoms with Gasteiger partial charge < -0.3 is 0 Å². The highest BCUT2D eigenvalue weighted by atomic mass is 16.1. The quantitative estimate of drug-likeness (QED) is 0.671. The first kappa shape index (κ1) is 8.69. The summed E-state index contributed by atoms with van der Waals surface area (Å²) in [6.07, 6.45) is 4.58. The summed E-state index contributed by atoms with van der Waals surface area (Å²) in [5, 5.41) is 4.08. The molecule has 0 radical (unpaired) electrons. The number of nitrogens with zero attached hydrogens (tertiary/aromatic N) is 2. The van der Waals surface area contributed by atoms with Gasteiger partial charge in [-0.1, -0.05) is 24.3 Å². The van der Waals surface area contributed by atoms with Crippen molar-refractivity contribution in [2.75, 3.05) is 0 Å². The van der Waals surface area contributed by atoms with Gasteiger partial charge in [0.15, 0.2) is 0 Å². The van der Waals surface area contributed by atoms with Crippen LogP contribution in [0.15, 0.2) is 36.7 Å². The molecule has 0 aliphatic heterocycles. The zero-order valence-corrected chi connectivity index (χ0v) is 7.84. The number of aromatic nitrogens is 2. The van der Waals surface area contributed by atoms with E-state index in [-0.39, 0.29) is 0 Å². The molecule has 0 saturated carbocycles. The second-order valence-electron chi connectivity index (χ2n) is 3.14. The summed E-state index contributed by atoms with van der Waals surface area (Å²) in [6, 6.07) is 7.44. The van der Waals surface area contributed by atoms with Gasteiger partial charge in [0.05, 0.1) is 6.20 Å². The van der Waals surface area contributed by atoms with Crippen molar-refractivity contribution in [2.24, 2.45) is 7.05 Å². The van der Waals surface area contributed by atoms with E-state index in [9.17, 15) is 4.79 Å². The fourth-order valence-electron chi connectivity index (χ4n) is 1.32. The first-order valence-corrected chi connectivity index (χ1v) is 4.34. The van der Waals surface area contributed by atoms with Crippen LogP contribution in [-0.4, -0.2) is 16.1 Å². The lowest BCUT2D eigenvalue weighted by Crippen LogP contribution is -1.84. The van der Waals surface area contributed by atoms with Crippen molar-refractivity contribution >= 4 is 6.29 Å². The third kappa shape index (κ3) is 1.57. The molecule has 2 rings (SSSR count). The number of aryl methyl sites for hydroxylation is 1. The SMILES string of the molecule is Cn1cc(-c2ccc(C=O)cc2)cn1. The van der Waals surface area contributed by atoms with Crippen LogP contribution in [0.25, 0.3) is 11.1 Å². The molecule has 0 atom stereocenters. The molecule has 2 aromatic rings. The number of benzene rings is 1. The fraction of sp³-hybridized carbons (Fsp3) is 0.0909. The normalized spacial score (nSPS) is 10.1. The molecule has 14 heavy (non-hydrogen) atoms. The number of rotatable bonds is 2. The van der Waals surface area contributed by atoms with Crippen LogP contribution in [0, 0.1) is 0 Å². The van der Waals surface area contributed by atoms with Gasteiger partial charge in [-0.2, -0.15) is 5.10 Å². The van der Waals surface area contributed by atoms with Gasteiger partial charge >= 0.3 is 0 Å².